The lowest BCUT2D eigenvalue weighted by atomic mass is 10.00. The molecule has 1 atom stereocenters. The Morgan fingerprint density at radius 1 is 0.571 bits per heavy atom. The number of rotatable bonds is 5. The van der Waals surface area contributed by atoms with Gasteiger partial charge in [0.05, 0.1) is 11.7 Å². The molecule has 3 nitrogen and oxygen atoms in total. The van der Waals surface area contributed by atoms with E-state index in [1.54, 1.807) is 0 Å². The summed E-state index contributed by atoms with van der Waals surface area (Å²) in [5, 5.41) is 9.82. The second-order valence-corrected chi connectivity index (χ2v) is 13.7. The van der Waals surface area contributed by atoms with Gasteiger partial charge < -0.3 is 14.6 Å². The van der Waals surface area contributed by atoms with Crippen molar-refractivity contribution in [2.75, 3.05) is 10.2 Å². The van der Waals surface area contributed by atoms with Crippen LogP contribution in [0.1, 0.15) is 17.2 Å². The molecule has 0 aliphatic carbocycles. The molecule has 7 aromatic carbocycles. The molecule has 9 aromatic rings. The lowest BCUT2D eigenvalue weighted by Crippen LogP contribution is -2.13. The summed E-state index contributed by atoms with van der Waals surface area (Å²) in [5.74, 6) is 0.821. The molecule has 1 aliphatic rings. The predicted molar refractivity (Wildman–Crippen MR) is 209 cm³/mol. The molecular formula is C45H30N2OS. The van der Waals surface area contributed by atoms with Crippen LogP contribution in [0.2, 0.25) is 0 Å². The van der Waals surface area contributed by atoms with Crippen LogP contribution in [-0.4, -0.2) is 0 Å². The van der Waals surface area contributed by atoms with E-state index in [0.717, 1.165) is 33.8 Å². The maximum atomic E-state index is 6.18. The van der Waals surface area contributed by atoms with Crippen LogP contribution in [0.3, 0.4) is 0 Å². The summed E-state index contributed by atoms with van der Waals surface area (Å²) in [6, 6.07) is 56.8. The van der Waals surface area contributed by atoms with E-state index in [1.807, 2.05) is 23.5 Å². The van der Waals surface area contributed by atoms with Gasteiger partial charge in [0.15, 0.2) is 0 Å². The van der Waals surface area contributed by atoms with Crippen molar-refractivity contribution in [1.29, 1.82) is 0 Å². The van der Waals surface area contributed by atoms with Crippen LogP contribution in [0.25, 0.3) is 59.1 Å². The van der Waals surface area contributed by atoms with E-state index in [9.17, 15) is 0 Å². The van der Waals surface area contributed by atoms with E-state index in [4.69, 9.17) is 4.42 Å². The molecule has 1 unspecified atom stereocenters. The summed E-state index contributed by atoms with van der Waals surface area (Å²) >= 11 is 1.85. The van der Waals surface area contributed by atoms with E-state index in [2.05, 4.69) is 168 Å². The largest absolute Gasteiger partial charge is 0.440 e. The number of fused-ring (bicyclic) bond motifs is 7. The van der Waals surface area contributed by atoms with Gasteiger partial charge in [-0.25, -0.2) is 0 Å². The molecule has 0 saturated carbocycles. The molecule has 3 heterocycles. The van der Waals surface area contributed by atoms with Crippen molar-refractivity contribution in [3.8, 4) is 11.1 Å². The van der Waals surface area contributed by atoms with Gasteiger partial charge in [0.2, 0.25) is 5.88 Å². The molecule has 2 aromatic heterocycles. The van der Waals surface area contributed by atoms with Gasteiger partial charge in [-0.3, -0.25) is 0 Å². The number of hydrogen-bond donors (Lipinski definition) is 1. The smallest absolute Gasteiger partial charge is 0.202 e. The highest BCUT2D eigenvalue weighted by molar-refractivity contribution is 7.26. The molecule has 4 heteroatoms. The minimum absolute atomic E-state index is 0.0149. The minimum atomic E-state index is 0.0149. The number of para-hydroxylation sites is 1. The second kappa shape index (κ2) is 11.3. The Bertz CT molecular complexity index is 2700. The fourth-order valence-corrected chi connectivity index (χ4v) is 8.41. The Morgan fingerprint density at radius 2 is 1.27 bits per heavy atom. The first-order chi connectivity index (χ1) is 24.3. The third kappa shape index (κ3) is 4.72. The van der Waals surface area contributed by atoms with Gasteiger partial charge in [-0.15, -0.1) is 11.3 Å². The molecule has 0 fully saturated rings. The van der Waals surface area contributed by atoms with E-state index in [1.165, 1.54) is 53.3 Å². The summed E-state index contributed by atoms with van der Waals surface area (Å²) in [4.78, 5) is 2.40. The minimum Gasteiger partial charge on any atom is -0.440 e. The van der Waals surface area contributed by atoms with Gasteiger partial charge in [0.1, 0.15) is 5.58 Å². The van der Waals surface area contributed by atoms with Crippen LogP contribution in [0.4, 0.5) is 22.9 Å². The van der Waals surface area contributed by atoms with E-state index in [-0.39, 0.29) is 6.04 Å². The maximum absolute atomic E-state index is 6.18. The third-order valence-electron chi connectivity index (χ3n) is 9.72. The third-order valence-corrected chi connectivity index (χ3v) is 10.9. The fourth-order valence-electron chi connectivity index (χ4n) is 7.29. The Kier molecular flexibility index (Phi) is 6.42. The SMILES string of the molecule is C1=CC(c2ccc(N(c3ccc(-c4ccc5ccccc5c4)cc3)c3cccc4sc5ccccc5c34)cc2)Nc2oc3ccccc3c21. The molecule has 0 radical (unpaired) electrons. The van der Waals surface area contributed by atoms with Crippen LogP contribution in [0.5, 0.6) is 0 Å². The van der Waals surface area contributed by atoms with E-state index >= 15 is 0 Å². The number of furan rings is 1. The number of hydrogen-bond acceptors (Lipinski definition) is 4. The number of anilines is 4. The molecule has 0 amide bonds. The molecule has 49 heavy (non-hydrogen) atoms. The molecule has 10 rings (SSSR count). The number of benzene rings is 7. The lowest BCUT2D eigenvalue weighted by molar-refractivity contribution is 0.619. The van der Waals surface area contributed by atoms with Crippen molar-refractivity contribution >= 4 is 82.3 Å². The quantitative estimate of drug-likeness (QED) is 0.202. The summed E-state index contributed by atoms with van der Waals surface area (Å²) in [7, 11) is 0. The Balaban J connectivity index is 1.06. The monoisotopic (exact) mass is 646 g/mol. The normalized spacial score (nSPS) is 14.0. The first-order valence-corrected chi connectivity index (χ1v) is 17.4. The van der Waals surface area contributed by atoms with Crippen molar-refractivity contribution in [2.45, 2.75) is 6.04 Å². The van der Waals surface area contributed by atoms with Crippen molar-refractivity contribution in [1.82, 2.24) is 0 Å². The number of nitrogens with zero attached hydrogens (tertiary/aromatic N) is 1. The highest BCUT2D eigenvalue weighted by atomic mass is 32.1. The molecule has 0 saturated heterocycles. The maximum Gasteiger partial charge on any atom is 0.202 e. The molecule has 1 N–H and O–H groups in total. The molecule has 0 bridgehead atoms. The Labute approximate surface area is 288 Å². The van der Waals surface area contributed by atoms with Crippen LogP contribution < -0.4 is 10.2 Å². The second-order valence-electron chi connectivity index (χ2n) is 12.6. The van der Waals surface area contributed by atoms with Crippen molar-refractivity contribution in [2.24, 2.45) is 0 Å². The average molecular weight is 647 g/mol. The van der Waals surface area contributed by atoms with Crippen LogP contribution >= 0.6 is 11.3 Å². The standard InChI is InChI=1S/C45H30N2OS/c1-2-9-32-28-33(17-16-29(32)8-1)30-18-22-34(23-19-30)47(40-12-7-15-43-44(40)38-11-4-6-14-42(38)49-43)35-24-20-31(21-25-35)39-27-26-37-36-10-3-5-13-41(36)48-45(37)46-39/h1-28,39,46H. The van der Waals surface area contributed by atoms with Gasteiger partial charge >= 0.3 is 0 Å². The zero-order valence-corrected chi connectivity index (χ0v) is 27.3. The summed E-state index contributed by atoms with van der Waals surface area (Å²) in [5.41, 5.74) is 8.99. The van der Waals surface area contributed by atoms with Gasteiger partial charge in [-0.1, -0.05) is 115 Å². The predicted octanol–water partition coefficient (Wildman–Crippen LogP) is 13.3. The van der Waals surface area contributed by atoms with Crippen LogP contribution in [-0.2, 0) is 0 Å². The first kappa shape index (κ1) is 28.0. The molecule has 1 aliphatic heterocycles. The van der Waals surface area contributed by atoms with Gasteiger partial charge in [0, 0.05) is 42.5 Å². The van der Waals surface area contributed by atoms with Gasteiger partial charge in [0.25, 0.3) is 0 Å². The van der Waals surface area contributed by atoms with Gasteiger partial charge in [-0.05, 0) is 82.1 Å². The molecule has 232 valence electrons. The average Bonchev–Trinajstić information content (AvgIpc) is 3.74. The van der Waals surface area contributed by atoms with E-state index < -0.39 is 0 Å². The first-order valence-electron chi connectivity index (χ1n) is 16.6. The topological polar surface area (TPSA) is 28.4 Å². The zero-order chi connectivity index (χ0) is 32.3. The summed E-state index contributed by atoms with van der Waals surface area (Å²) in [6.45, 7) is 0. The Hall–Kier alpha value is -6.10. The highest BCUT2D eigenvalue weighted by Gasteiger charge is 2.22. The number of thiophene rings is 1. The van der Waals surface area contributed by atoms with Crippen LogP contribution in [0, 0.1) is 0 Å². The summed E-state index contributed by atoms with van der Waals surface area (Å²) < 4.78 is 8.76. The zero-order valence-electron chi connectivity index (χ0n) is 26.5. The highest BCUT2D eigenvalue weighted by Crippen LogP contribution is 2.45. The van der Waals surface area contributed by atoms with E-state index in [0.29, 0.717) is 0 Å². The van der Waals surface area contributed by atoms with Gasteiger partial charge in [-0.2, -0.15) is 0 Å². The Morgan fingerprint density at radius 3 is 2.12 bits per heavy atom. The summed E-state index contributed by atoms with van der Waals surface area (Å²) in [6.07, 6.45) is 4.41. The van der Waals surface area contributed by atoms with Crippen molar-refractivity contribution < 1.29 is 4.42 Å². The molecular weight excluding hydrogens is 617 g/mol. The van der Waals surface area contributed by atoms with Crippen molar-refractivity contribution in [3.05, 3.63) is 175 Å². The molecule has 0 spiro atoms. The number of nitrogens with one attached hydrogen (secondary N) is 1. The lowest BCUT2D eigenvalue weighted by Gasteiger charge is -2.27. The fraction of sp³-hybridized carbons (Fsp3) is 0.0222. The van der Waals surface area contributed by atoms with Crippen LogP contribution in [0.15, 0.2) is 168 Å². The van der Waals surface area contributed by atoms with Crippen molar-refractivity contribution in [3.63, 3.8) is 0 Å².